The number of morpholine rings is 1. The Balaban J connectivity index is 2.16. The summed E-state index contributed by atoms with van der Waals surface area (Å²) in [5, 5.41) is 3.31. The third kappa shape index (κ3) is 3.09. The van der Waals surface area contributed by atoms with E-state index in [4.69, 9.17) is 4.74 Å². The Hall–Kier alpha value is -0.120. The van der Waals surface area contributed by atoms with Gasteiger partial charge in [-0.25, -0.2) is 0 Å². The van der Waals surface area contributed by atoms with E-state index in [1.807, 2.05) is 0 Å². The number of hydrogen-bond donors (Lipinski definition) is 1. The maximum Gasteiger partial charge on any atom is 0.0826 e. The predicted octanol–water partition coefficient (Wildman–Crippen LogP) is 0.317. The van der Waals surface area contributed by atoms with Crippen LogP contribution in [0.3, 0.4) is 0 Å². The van der Waals surface area contributed by atoms with Gasteiger partial charge in [-0.15, -0.1) is 0 Å². The fourth-order valence-corrected chi connectivity index (χ4v) is 1.50. The molecule has 1 N–H and O–H groups in total. The lowest BCUT2D eigenvalue weighted by atomic mass is 10.2. The van der Waals surface area contributed by atoms with Gasteiger partial charge in [-0.2, -0.15) is 0 Å². The molecular weight excluding hydrogens is 152 g/mol. The summed E-state index contributed by atoms with van der Waals surface area (Å²) in [6.45, 7) is 10.6. The predicted molar refractivity (Wildman–Crippen MR) is 50.4 cm³/mol. The zero-order chi connectivity index (χ0) is 8.81. The molecule has 0 radical (unpaired) electrons. The fourth-order valence-electron chi connectivity index (χ4n) is 1.50. The van der Waals surface area contributed by atoms with Gasteiger partial charge in [0.2, 0.25) is 0 Å². The number of rotatable bonds is 4. The van der Waals surface area contributed by atoms with E-state index in [1.54, 1.807) is 0 Å². The van der Waals surface area contributed by atoms with Gasteiger partial charge in [0, 0.05) is 19.6 Å². The molecule has 0 aromatic carbocycles. The molecule has 12 heavy (non-hydrogen) atoms. The van der Waals surface area contributed by atoms with Gasteiger partial charge in [0.15, 0.2) is 0 Å². The zero-order valence-electron chi connectivity index (χ0n) is 8.18. The summed E-state index contributed by atoms with van der Waals surface area (Å²) < 4.78 is 5.61. The van der Waals surface area contributed by atoms with Crippen molar-refractivity contribution in [3.05, 3.63) is 0 Å². The molecule has 0 spiro atoms. The van der Waals surface area contributed by atoms with Crippen molar-refractivity contribution in [3.8, 4) is 0 Å². The smallest absolute Gasteiger partial charge is 0.0826 e. The van der Waals surface area contributed by atoms with Crippen molar-refractivity contribution < 1.29 is 4.74 Å². The first kappa shape index (κ1) is 9.96. The average Bonchev–Trinajstić information content (AvgIpc) is 2.15. The van der Waals surface area contributed by atoms with Crippen molar-refractivity contribution in [3.63, 3.8) is 0 Å². The van der Waals surface area contributed by atoms with Crippen LogP contribution in [0.1, 0.15) is 13.8 Å². The summed E-state index contributed by atoms with van der Waals surface area (Å²) >= 11 is 0. The van der Waals surface area contributed by atoms with Crippen molar-refractivity contribution in [2.75, 3.05) is 39.3 Å². The van der Waals surface area contributed by atoms with E-state index in [9.17, 15) is 0 Å². The Bertz CT molecular complexity index is 119. The van der Waals surface area contributed by atoms with Gasteiger partial charge in [0.05, 0.1) is 12.7 Å². The standard InChI is InChI=1S/C9H20N2O/c1-3-10-7-9-8-11(4-2)5-6-12-9/h9-10H,3-8H2,1-2H3. The molecule has 3 nitrogen and oxygen atoms in total. The maximum absolute atomic E-state index is 5.61. The largest absolute Gasteiger partial charge is 0.374 e. The second-order valence-corrected chi connectivity index (χ2v) is 3.19. The first-order valence-electron chi connectivity index (χ1n) is 4.91. The molecule has 1 fully saturated rings. The molecule has 1 heterocycles. The number of likely N-dealkylation sites (N-methyl/N-ethyl adjacent to an activating group) is 2. The maximum atomic E-state index is 5.61. The first-order valence-corrected chi connectivity index (χ1v) is 4.91. The van der Waals surface area contributed by atoms with Crippen LogP contribution in [0.2, 0.25) is 0 Å². The molecule has 0 amide bonds. The van der Waals surface area contributed by atoms with Gasteiger partial charge in [0.25, 0.3) is 0 Å². The normalized spacial score (nSPS) is 26.0. The van der Waals surface area contributed by atoms with Crippen LogP contribution in [0.25, 0.3) is 0 Å². The fraction of sp³-hybridized carbons (Fsp3) is 1.00. The molecule has 1 atom stereocenters. The lowest BCUT2D eigenvalue weighted by Gasteiger charge is -2.32. The SMILES string of the molecule is CCNCC1CN(CC)CCO1. The van der Waals surface area contributed by atoms with Crippen LogP contribution in [-0.4, -0.2) is 50.3 Å². The molecule has 1 rings (SSSR count). The molecule has 1 aliphatic rings. The zero-order valence-corrected chi connectivity index (χ0v) is 8.18. The monoisotopic (exact) mass is 172 g/mol. The third-order valence-corrected chi connectivity index (χ3v) is 2.29. The van der Waals surface area contributed by atoms with Gasteiger partial charge in [-0.3, -0.25) is 4.90 Å². The molecule has 72 valence electrons. The number of ether oxygens (including phenoxy) is 1. The van der Waals surface area contributed by atoms with Crippen molar-refractivity contribution in [2.24, 2.45) is 0 Å². The molecule has 0 aliphatic carbocycles. The minimum atomic E-state index is 0.402. The lowest BCUT2D eigenvalue weighted by Crippen LogP contribution is -2.46. The van der Waals surface area contributed by atoms with Gasteiger partial charge >= 0.3 is 0 Å². The van der Waals surface area contributed by atoms with E-state index in [0.717, 1.165) is 39.3 Å². The summed E-state index contributed by atoms with van der Waals surface area (Å²) in [7, 11) is 0. The van der Waals surface area contributed by atoms with Crippen LogP contribution in [0, 0.1) is 0 Å². The van der Waals surface area contributed by atoms with Crippen molar-refractivity contribution in [2.45, 2.75) is 20.0 Å². The highest BCUT2D eigenvalue weighted by atomic mass is 16.5. The Labute approximate surface area is 75.1 Å². The summed E-state index contributed by atoms with van der Waals surface area (Å²) in [5.41, 5.74) is 0. The Morgan fingerprint density at radius 1 is 1.50 bits per heavy atom. The van der Waals surface area contributed by atoms with Crippen LogP contribution in [0.15, 0.2) is 0 Å². The second kappa shape index (κ2) is 5.51. The lowest BCUT2D eigenvalue weighted by molar-refractivity contribution is -0.0250. The molecule has 0 aromatic rings. The van der Waals surface area contributed by atoms with Crippen LogP contribution in [0.4, 0.5) is 0 Å². The molecule has 1 aliphatic heterocycles. The van der Waals surface area contributed by atoms with Gasteiger partial charge < -0.3 is 10.1 Å². The van der Waals surface area contributed by atoms with E-state index in [2.05, 4.69) is 24.1 Å². The van der Waals surface area contributed by atoms with E-state index >= 15 is 0 Å². The second-order valence-electron chi connectivity index (χ2n) is 3.19. The minimum absolute atomic E-state index is 0.402. The average molecular weight is 172 g/mol. The van der Waals surface area contributed by atoms with Crippen LogP contribution < -0.4 is 5.32 Å². The number of nitrogens with zero attached hydrogens (tertiary/aromatic N) is 1. The molecule has 0 bridgehead atoms. The first-order chi connectivity index (χ1) is 5.86. The molecule has 0 aromatic heterocycles. The van der Waals surface area contributed by atoms with Crippen molar-refractivity contribution in [1.82, 2.24) is 10.2 Å². The van der Waals surface area contributed by atoms with Crippen LogP contribution >= 0.6 is 0 Å². The Morgan fingerprint density at radius 3 is 3.00 bits per heavy atom. The van der Waals surface area contributed by atoms with Gasteiger partial charge in [-0.1, -0.05) is 13.8 Å². The van der Waals surface area contributed by atoms with Crippen LogP contribution in [-0.2, 0) is 4.74 Å². The van der Waals surface area contributed by atoms with Crippen molar-refractivity contribution in [1.29, 1.82) is 0 Å². The molecule has 1 saturated heterocycles. The van der Waals surface area contributed by atoms with Crippen molar-refractivity contribution >= 4 is 0 Å². The van der Waals surface area contributed by atoms with E-state index in [-0.39, 0.29) is 0 Å². The Morgan fingerprint density at radius 2 is 2.33 bits per heavy atom. The molecular formula is C9H20N2O. The quantitative estimate of drug-likeness (QED) is 0.661. The van der Waals surface area contributed by atoms with E-state index in [0.29, 0.717) is 6.10 Å². The van der Waals surface area contributed by atoms with E-state index in [1.165, 1.54) is 0 Å². The Kier molecular flexibility index (Phi) is 4.58. The topological polar surface area (TPSA) is 24.5 Å². The third-order valence-electron chi connectivity index (χ3n) is 2.29. The highest BCUT2D eigenvalue weighted by Gasteiger charge is 2.17. The summed E-state index contributed by atoms with van der Waals surface area (Å²) in [6.07, 6.45) is 0.402. The molecule has 3 heteroatoms. The van der Waals surface area contributed by atoms with E-state index < -0.39 is 0 Å². The highest BCUT2D eigenvalue weighted by molar-refractivity contribution is 4.71. The molecule has 0 saturated carbocycles. The van der Waals surface area contributed by atoms with Crippen LogP contribution in [0.5, 0.6) is 0 Å². The number of hydrogen-bond acceptors (Lipinski definition) is 3. The minimum Gasteiger partial charge on any atom is -0.374 e. The summed E-state index contributed by atoms with van der Waals surface area (Å²) in [5.74, 6) is 0. The summed E-state index contributed by atoms with van der Waals surface area (Å²) in [6, 6.07) is 0. The summed E-state index contributed by atoms with van der Waals surface area (Å²) in [4.78, 5) is 2.44. The molecule has 1 unspecified atom stereocenters. The van der Waals surface area contributed by atoms with Gasteiger partial charge in [0.1, 0.15) is 0 Å². The number of nitrogens with one attached hydrogen (secondary N) is 1. The van der Waals surface area contributed by atoms with Gasteiger partial charge in [-0.05, 0) is 13.1 Å². The highest BCUT2D eigenvalue weighted by Crippen LogP contribution is 2.03.